The van der Waals surface area contributed by atoms with Crippen LogP contribution in [0.1, 0.15) is 4.88 Å². The summed E-state index contributed by atoms with van der Waals surface area (Å²) in [7, 11) is 0. The van der Waals surface area contributed by atoms with E-state index in [1.165, 1.54) is 0 Å². The molecular weight excluding hydrogens is 255 g/mol. The van der Waals surface area contributed by atoms with Crippen LogP contribution in [0.2, 0.25) is 0 Å². The Hall–Kier alpha value is -0.690. The van der Waals surface area contributed by atoms with Crippen molar-refractivity contribution in [3.8, 4) is 0 Å². The first-order valence-electron chi connectivity index (χ1n) is 3.77. The molecule has 0 fully saturated rings. The Bertz CT molecular complexity index is 464. The zero-order chi connectivity index (χ0) is 11.2. The Balaban J connectivity index is 2.62. The molecule has 82 valence electrons. The smallest absolute Gasteiger partial charge is 0.244 e. The summed E-state index contributed by atoms with van der Waals surface area (Å²) in [5, 5.41) is -1.92. The zero-order valence-corrected chi connectivity index (χ0v) is 8.62. The van der Waals surface area contributed by atoms with Gasteiger partial charge in [0.15, 0.2) is 16.9 Å². The van der Waals surface area contributed by atoms with Gasteiger partial charge >= 0.3 is 5.92 Å². The summed E-state index contributed by atoms with van der Waals surface area (Å²) in [5.74, 6) is -3.67. The molecule has 0 nitrogen and oxygen atoms in total. The molecule has 0 saturated carbocycles. The third-order valence-corrected chi connectivity index (χ3v) is 3.98. The molecule has 0 aromatic carbocycles. The molecule has 0 aliphatic heterocycles. The molecule has 0 spiro atoms. The van der Waals surface area contributed by atoms with Crippen molar-refractivity contribution in [1.82, 2.24) is 0 Å². The Labute approximate surface area is 89.0 Å². The Morgan fingerprint density at radius 3 is 2.33 bits per heavy atom. The molecule has 0 amide bonds. The standard InChI is InChI=1S/C8H3F5S2/c9-2-8(12,13)4-1-3-5(14-4)7(11)15-6(3)10/h1H,2H2. The lowest BCUT2D eigenvalue weighted by Gasteiger charge is -2.07. The molecule has 0 bridgehead atoms. The Kier molecular flexibility index (Phi) is 2.46. The molecule has 0 radical (unpaired) electrons. The maximum absolute atomic E-state index is 13.0. The van der Waals surface area contributed by atoms with E-state index < -0.39 is 27.7 Å². The van der Waals surface area contributed by atoms with Crippen molar-refractivity contribution >= 4 is 32.8 Å². The summed E-state index contributed by atoms with van der Waals surface area (Å²) in [6.07, 6.45) is 0. The van der Waals surface area contributed by atoms with Crippen LogP contribution < -0.4 is 0 Å². The zero-order valence-electron chi connectivity index (χ0n) is 6.99. The van der Waals surface area contributed by atoms with Crippen molar-refractivity contribution in [3.63, 3.8) is 0 Å². The van der Waals surface area contributed by atoms with Crippen molar-refractivity contribution in [1.29, 1.82) is 0 Å². The minimum atomic E-state index is -3.67. The van der Waals surface area contributed by atoms with Crippen molar-refractivity contribution in [3.05, 3.63) is 21.2 Å². The molecule has 0 unspecified atom stereocenters. The van der Waals surface area contributed by atoms with Crippen LogP contribution >= 0.6 is 22.7 Å². The number of halogens is 5. The van der Waals surface area contributed by atoms with Gasteiger partial charge < -0.3 is 0 Å². The summed E-state index contributed by atoms with van der Waals surface area (Å²) >= 11 is 0.636. The van der Waals surface area contributed by atoms with Crippen LogP contribution in [0, 0.1) is 10.3 Å². The summed E-state index contributed by atoms with van der Waals surface area (Å²) in [5.41, 5.74) is 0. The lowest BCUT2D eigenvalue weighted by Crippen LogP contribution is -2.13. The summed E-state index contributed by atoms with van der Waals surface area (Å²) in [6, 6.07) is 0.800. The molecule has 0 atom stereocenters. The Morgan fingerprint density at radius 1 is 1.13 bits per heavy atom. The van der Waals surface area contributed by atoms with Gasteiger partial charge in [0.1, 0.15) is 0 Å². The molecule has 0 aliphatic carbocycles. The molecule has 15 heavy (non-hydrogen) atoms. The van der Waals surface area contributed by atoms with Gasteiger partial charge in [-0.05, 0) is 6.07 Å². The highest BCUT2D eigenvalue weighted by atomic mass is 32.1. The van der Waals surface area contributed by atoms with Crippen LogP contribution in [0.15, 0.2) is 6.07 Å². The second-order valence-electron chi connectivity index (χ2n) is 2.84. The van der Waals surface area contributed by atoms with Gasteiger partial charge in [0, 0.05) is 5.39 Å². The van der Waals surface area contributed by atoms with Crippen LogP contribution in [0.4, 0.5) is 22.0 Å². The van der Waals surface area contributed by atoms with Crippen LogP contribution in [0.5, 0.6) is 0 Å². The first kappa shape index (κ1) is 10.8. The van der Waals surface area contributed by atoms with E-state index >= 15 is 0 Å². The average molecular weight is 258 g/mol. The number of rotatable bonds is 2. The van der Waals surface area contributed by atoms with E-state index in [2.05, 4.69) is 0 Å². The van der Waals surface area contributed by atoms with Crippen LogP contribution in [0.3, 0.4) is 0 Å². The van der Waals surface area contributed by atoms with Gasteiger partial charge in [0.05, 0.1) is 9.58 Å². The lowest BCUT2D eigenvalue weighted by molar-refractivity contribution is -0.0244. The van der Waals surface area contributed by atoms with E-state index in [1.54, 1.807) is 0 Å². The first-order valence-corrected chi connectivity index (χ1v) is 5.40. The van der Waals surface area contributed by atoms with Crippen molar-refractivity contribution in [2.75, 3.05) is 6.67 Å². The topological polar surface area (TPSA) is 0 Å². The quantitative estimate of drug-likeness (QED) is 0.704. The van der Waals surface area contributed by atoms with Gasteiger partial charge in [-0.1, -0.05) is 11.3 Å². The second-order valence-corrected chi connectivity index (χ2v) is 4.81. The maximum atomic E-state index is 13.0. The molecule has 2 rings (SSSR count). The highest BCUT2D eigenvalue weighted by Crippen LogP contribution is 2.41. The lowest BCUT2D eigenvalue weighted by atomic mass is 10.3. The fourth-order valence-corrected chi connectivity index (χ4v) is 2.99. The molecule has 2 aromatic heterocycles. The monoisotopic (exact) mass is 258 g/mol. The van der Waals surface area contributed by atoms with E-state index in [9.17, 15) is 22.0 Å². The normalized spacial score (nSPS) is 12.6. The number of hydrogen-bond donors (Lipinski definition) is 0. The van der Waals surface area contributed by atoms with Crippen molar-refractivity contribution < 1.29 is 22.0 Å². The number of fused-ring (bicyclic) bond motifs is 1. The van der Waals surface area contributed by atoms with Gasteiger partial charge in [-0.3, -0.25) is 0 Å². The van der Waals surface area contributed by atoms with E-state index in [0.717, 1.165) is 6.07 Å². The number of hydrogen-bond acceptors (Lipinski definition) is 2. The molecule has 0 saturated heterocycles. The number of alkyl halides is 3. The van der Waals surface area contributed by atoms with E-state index in [-0.39, 0.29) is 21.4 Å². The molecular formula is C8H3F5S2. The Morgan fingerprint density at radius 2 is 1.80 bits per heavy atom. The van der Waals surface area contributed by atoms with Gasteiger partial charge in [-0.25, -0.2) is 4.39 Å². The van der Waals surface area contributed by atoms with Crippen molar-refractivity contribution in [2.45, 2.75) is 5.92 Å². The number of thiophene rings is 2. The van der Waals surface area contributed by atoms with Gasteiger partial charge in [0.25, 0.3) is 0 Å². The molecule has 0 N–H and O–H groups in total. The minimum Gasteiger partial charge on any atom is -0.244 e. The van der Waals surface area contributed by atoms with Gasteiger partial charge in [-0.15, -0.1) is 11.3 Å². The van der Waals surface area contributed by atoms with E-state index in [0.29, 0.717) is 11.3 Å². The van der Waals surface area contributed by atoms with Gasteiger partial charge in [0.2, 0.25) is 0 Å². The molecule has 2 heterocycles. The van der Waals surface area contributed by atoms with E-state index in [4.69, 9.17) is 0 Å². The first-order chi connectivity index (χ1) is 6.95. The summed E-state index contributed by atoms with van der Waals surface area (Å²) < 4.78 is 63.4. The molecule has 0 aliphatic rings. The average Bonchev–Trinajstić information content (AvgIpc) is 2.70. The predicted octanol–water partition coefficient (Wildman–Crippen LogP) is 4.30. The molecule has 7 heteroatoms. The summed E-state index contributed by atoms with van der Waals surface area (Å²) in [4.78, 5) is -0.652. The SMILES string of the molecule is FCC(F)(F)c1cc2c(F)sc(F)c2s1. The predicted molar refractivity (Wildman–Crippen MR) is 49.5 cm³/mol. The third-order valence-electron chi connectivity index (χ3n) is 1.83. The minimum absolute atomic E-state index is 0.180. The van der Waals surface area contributed by atoms with Gasteiger partial charge in [-0.2, -0.15) is 17.6 Å². The van der Waals surface area contributed by atoms with Crippen LogP contribution in [-0.2, 0) is 5.92 Å². The highest BCUT2D eigenvalue weighted by Gasteiger charge is 2.35. The van der Waals surface area contributed by atoms with Crippen LogP contribution in [-0.4, -0.2) is 6.67 Å². The highest BCUT2D eigenvalue weighted by molar-refractivity contribution is 7.23. The largest absolute Gasteiger partial charge is 0.309 e. The van der Waals surface area contributed by atoms with Crippen LogP contribution in [0.25, 0.3) is 10.1 Å². The maximum Gasteiger partial charge on any atom is 0.309 e. The van der Waals surface area contributed by atoms with Crippen molar-refractivity contribution in [2.24, 2.45) is 0 Å². The molecule has 2 aromatic rings. The summed E-state index contributed by atoms with van der Waals surface area (Å²) in [6.45, 7) is -1.87. The van der Waals surface area contributed by atoms with E-state index in [1.807, 2.05) is 0 Å². The third kappa shape index (κ3) is 1.63. The second kappa shape index (κ2) is 3.41. The fraction of sp³-hybridized carbons (Fsp3) is 0.250. The fourth-order valence-electron chi connectivity index (χ4n) is 1.11.